The second-order valence-electron chi connectivity index (χ2n) is 3.46. The molecule has 0 unspecified atom stereocenters. The monoisotopic (exact) mass is 151 g/mol. The third kappa shape index (κ3) is 3.35. The number of aliphatic imine (C=N–C) groups is 1. The highest BCUT2D eigenvalue weighted by Crippen LogP contribution is 2.17. The van der Waals surface area contributed by atoms with Gasteiger partial charge in [0.05, 0.1) is 0 Å². The van der Waals surface area contributed by atoms with Gasteiger partial charge in [0, 0.05) is 11.9 Å². The maximum atomic E-state index is 4.42. The normalized spacial score (nSPS) is 19.4. The molecule has 0 radical (unpaired) electrons. The quantitative estimate of drug-likeness (QED) is 0.537. The molecule has 0 saturated heterocycles. The van der Waals surface area contributed by atoms with Crippen molar-refractivity contribution in [3.05, 3.63) is 11.8 Å². The Hall–Kier alpha value is -0.590. The first kappa shape index (κ1) is 8.51. The van der Waals surface area contributed by atoms with Crippen LogP contribution in [0.3, 0.4) is 0 Å². The van der Waals surface area contributed by atoms with E-state index in [1.807, 2.05) is 6.21 Å². The van der Waals surface area contributed by atoms with E-state index in [-0.39, 0.29) is 0 Å². The molecule has 0 saturated carbocycles. The Morgan fingerprint density at radius 1 is 1.45 bits per heavy atom. The zero-order valence-corrected chi connectivity index (χ0v) is 7.51. The van der Waals surface area contributed by atoms with Gasteiger partial charge in [0.2, 0.25) is 0 Å². The van der Waals surface area contributed by atoms with Gasteiger partial charge in [-0.25, -0.2) is 0 Å². The van der Waals surface area contributed by atoms with Crippen molar-refractivity contribution in [2.75, 3.05) is 0 Å². The van der Waals surface area contributed by atoms with E-state index in [2.05, 4.69) is 24.9 Å². The van der Waals surface area contributed by atoms with Crippen molar-refractivity contribution in [3.8, 4) is 0 Å². The summed E-state index contributed by atoms with van der Waals surface area (Å²) in [6.45, 7) is 4.32. The molecule has 0 aliphatic heterocycles. The third-order valence-corrected chi connectivity index (χ3v) is 1.81. The minimum Gasteiger partial charge on any atom is -0.266 e. The number of nitrogens with zero attached hydrogens (tertiary/aromatic N) is 1. The Kier molecular flexibility index (Phi) is 3.34. The van der Waals surface area contributed by atoms with Crippen LogP contribution in [0.2, 0.25) is 0 Å². The molecular weight excluding hydrogens is 134 g/mol. The molecule has 0 aromatic carbocycles. The second-order valence-corrected chi connectivity index (χ2v) is 3.46. The zero-order chi connectivity index (χ0) is 8.10. The topological polar surface area (TPSA) is 12.4 Å². The van der Waals surface area contributed by atoms with Gasteiger partial charge in [-0.1, -0.05) is 19.9 Å². The Morgan fingerprint density at radius 2 is 2.27 bits per heavy atom. The van der Waals surface area contributed by atoms with Crippen molar-refractivity contribution in [1.29, 1.82) is 0 Å². The van der Waals surface area contributed by atoms with Crippen LogP contribution in [0, 0.1) is 5.92 Å². The van der Waals surface area contributed by atoms with Crippen molar-refractivity contribution < 1.29 is 0 Å². The third-order valence-electron chi connectivity index (χ3n) is 1.81. The summed E-state index contributed by atoms with van der Waals surface area (Å²) in [6.07, 6.45) is 9.38. The number of allylic oxidation sites excluding steroid dienone is 2. The van der Waals surface area contributed by atoms with Crippen molar-refractivity contribution in [3.63, 3.8) is 0 Å². The molecule has 1 rings (SSSR count). The van der Waals surface area contributed by atoms with Crippen LogP contribution in [-0.2, 0) is 0 Å². The molecule has 0 bridgehead atoms. The molecule has 1 aliphatic rings. The predicted molar refractivity (Wildman–Crippen MR) is 49.9 cm³/mol. The Labute approximate surface area is 69.2 Å². The lowest BCUT2D eigenvalue weighted by Crippen LogP contribution is -1.92. The summed E-state index contributed by atoms with van der Waals surface area (Å²) < 4.78 is 0. The summed E-state index contributed by atoms with van der Waals surface area (Å²) in [5.74, 6) is 0.581. The lowest BCUT2D eigenvalue weighted by Gasteiger charge is -2.07. The van der Waals surface area contributed by atoms with Crippen LogP contribution < -0.4 is 0 Å². The van der Waals surface area contributed by atoms with E-state index < -0.39 is 0 Å². The molecule has 0 fully saturated rings. The molecule has 0 amide bonds. The van der Waals surface area contributed by atoms with Gasteiger partial charge in [-0.15, -0.1) is 0 Å². The zero-order valence-electron chi connectivity index (χ0n) is 7.51. The van der Waals surface area contributed by atoms with Gasteiger partial charge in [-0.05, 0) is 31.6 Å². The summed E-state index contributed by atoms with van der Waals surface area (Å²) in [6, 6.07) is 0. The van der Waals surface area contributed by atoms with Crippen LogP contribution in [0.25, 0.3) is 0 Å². The van der Waals surface area contributed by atoms with E-state index in [0.29, 0.717) is 5.92 Å². The van der Waals surface area contributed by atoms with Crippen LogP contribution in [0.1, 0.15) is 39.5 Å². The fraction of sp³-hybridized carbons (Fsp3) is 0.700. The van der Waals surface area contributed by atoms with Crippen molar-refractivity contribution in [2.24, 2.45) is 10.9 Å². The second kappa shape index (κ2) is 4.32. The first-order valence-electron chi connectivity index (χ1n) is 4.52. The highest BCUT2D eigenvalue weighted by atomic mass is 14.7. The largest absolute Gasteiger partial charge is 0.266 e. The van der Waals surface area contributed by atoms with E-state index in [1.54, 1.807) is 0 Å². The maximum Gasteiger partial charge on any atom is 0.0360 e. The lowest BCUT2D eigenvalue weighted by atomic mass is 10.1. The van der Waals surface area contributed by atoms with E-state index in [9.17, 15) is 0 Å². The van der Waals surface area contributed by atoms with Crippen LogP contribution >= 0.6 is 0 Å². The summed E-state index contributed by atoms with van der Waals surface area (Å²) in [4.78, 5) is 4.42. The van der Waals surface area contributed by atoms with E-state index in [4.69, 9.17) is 0 Å². The van der Waals surface area contributed by atoms with E-state index in [0.717, 1.165) is 0 Å². The van der Waals surface area contributed by atoms with Gasteiger partial charge in [-0.3, -0.25) is 4.99 Å². The molecule has 62 valence electrons. The van der Waals surface area contributed by atoms with Gasteiger partial charge >= 0.3 is 0 Å². The van der Waals surface area contributed by atoms with Crippen LogP contribution in [0.15, 0.2) is 16.8 Å². The molecule has 0 aromatic heterocycles. The molecule has 0 N–H and O–H groups in total. The van der Waals surface area contributed by atoms with Crippen molar-refractivity contribution in [2.45, 2.75) is 39.5 Å². The highest BCUT2D eigenvalue weighted by Gasteiger charge is 2.00. The molecule has 1 heteroatoms. The van der Waals surface area contributed by atoms with Crippen LogP contribution in [0.4, 0.5) is 0 Å². The molecule has 0 atom stereocenters. The average molecular weight is 151 g/mol. The molecular formula is C10H17N. The highest BCUT2D eigenvalue weighted by molar-refractivity contribution is 5.61. The van der Waals surface area contributed by atoms with Gasteiger partial charge in [0.1, 0.15) is 0 Å². The fourth-order valence-electron chi connectivity index (χ4n) is 1.18. The summed E-state index contributed by atoms with van der Waals surface area (Å²) in [5.41, 5.74) is 1.30. The number of hydrogen-bond donors (Lipinski definition) is 0. The SMILES string of the molecule is CC(C)C=NC1=CCCCC1. The number of hydrogen-bond acceptors (Lipinski definition) is 1. The Balaban J connectivity index is 2.41. The number of rotatable bonds is 2. The molecule has 0 heterocycles. The summed E-state index contributed by atoms with van der Waals surface area (Å²) in [7, 11) is 0. The Bertz CT molecular complexity index is 166. The Morgan fingerprint density at radius 3 is 2.82 bits per heavy atom. The van der Waals surface area contributed by atoms with Crippen LogP contribution in [0.5, 0.6) is 0 Å². The minimum absolute atomic E-state index is 0.581. The predicted octanol–water partition coefficient (Wildman–Crippen LogP) is 3.17. The molecule has 1 nitrogen and oxygen atoms in total. The first-order valence-corrected chi connectivity index (χ1v) is 4.52. The van der Waals surface area contributed by atoms with Crippen LogP contribution in [-0.4, -0.2) is 6.21 Å². The van der Waals surface area contributed by atoms with E-state index >= 15 is 0 Å². The minimum atomic E-state index is 0.581. The van der Waals surface area contributed by atoms with Gasteiger partial charge < -0.3 is 0 Å². The van der Waals surface area contributed by atoms with Gasteiger partial charge in [0.25, 0.3) is 0 Å². The maximum absolute atomic E-state index is 4.42. The fourth-order valence-corrected chi connectivity index (χ4v) is 1.18. The van der Waals surface area contributed by atoms with Gasteiger partial charge in [0.15, 0.2) is 0 Å². The van der Waals surface area contributed by atoms with Crippen molar-refractivity contribution >= 4 is 6.21 Å². The van der Waals surface area contributed by atoms with Gasteiger partial charge in [-0.2, -0.15) is 0 Å². The average Bonchev–Trinajstić information content (AvgIpc) is 2.03. The first-order chi connectivity index (χ1) is 5.29. The van der Waals surface area contributed by atoms with E-state index in [1.165, 1.54) is 31.4 Å². The summed E-state index contributed by atoms with van der Waals surface area (Å²) in [5, 5.41) is 0. The molecule has 0 spiro atoms. The standard InChI is InChI=1S/C10H17N/c1-9(2)8-11-10-6-4-3-5-7-10/h6,8-9H,3-5,7H2,1-2H3. The summed E-state index contributed by atoms with van der Waals surface area (Å²) >= 11 is 0. The van der Waals surface area contributed by atoms with Crippen molar-refractivity contribution in [1.82, 2.24) is 0 Å². The lowest BCUT2D eigenvalue weighted by molar-refractivity contribution is 0.695. The smallest absolute Gasteiger partial charge is 0.0360 e. The molecule has 1 aliphatic carbocycles. The molecule has 0 aromatic rings. The molecule has 11 heavy (non-hydrogen) atoms.